The Morgan fingerprint density at radius 1 is 1.47 bits per heavy atom. The third-order valence-corrected chi connectivity index (χ3v) is 3.96. The number of nitrogens with zero attached hydrogens (tertiary/aromatic N) is 2. The van der Waals surface area contributed by atoms with Crippen molar-refractivity contribution in [3.63, 3.8) is 0 Å². The summed E-state index contributed by atoms with van der Waals surface area (Å²) in [5, 5.41) is 2.05. The highest BCUT2D eigenvalue weighted by Gasteiger charge is 2.32. The highest BCUT2D eigenvalue weighted by atomic mass is 32.1. The van der Waals surface area contributed by atoms with Crippen molar-refractivity contribution in [2.24, 2.45) is 5.84 Å². The number of aromatic nitrogens is 2. The fraction of sp³-hybridized carbons (Fsp3) is 0.333. The second-order valence-electron chi connectivity index (χ2n) is 4.25. The maximum Gasteiger partial charge on any atom is 0.0795 e. The summed E-state index contributed by atoms with van der Waals surface area (Å²) in [5.41, 5.74) is 8.26. The van der Waals surface area contributed by atoms with Gasteiger partial charge in [-0.1, -0.05) is 6.07 Å². The molecular weight excluding hydrogens is 232 g/mol. The molecule has 2 heterocycles. The standard InChI is InChI=1S/C12H14N4S/c13-16-12(10-6-17-7-15-10)9-4-3-8-2-1-5-14-11(8)9/h1-2,5-7,9,12,16H,3-4,13H2. The second kappa shape index (κ2) is 4.52. The number of hydrogen-bond acceptors (Lipinski definition) is 5. The van der Waals surface area contributed by atoms with Crippen LogP contribution < -0.4 is 11.3 Å². The second-order valence-corrected chi connectivity index (χ2v) is 4.97. The molecule has 0 fully saturated rings. The van der Waals surface area contributed by atoms with Gasteiger partial charge in [-0.15, -0.1) is 11.3 Å². The van der Waals surface area contributed by atoms with Crippen LogP contribution in [0.15, 0.2) is 29.2 Å². The van der Waals surface area contributed by atoms with Gasteiger partial charge < -0.3 is 0 Å². The molecule has 0 spiro atoms. The number of rotatable bonds is 3. The maximum absolute atomic E-state index is 5.69. The quantitative estimate of drug-likeness (QED) is 0.640. The van der Waals surface area contributed by atoms with E-state index in [4.69, 9.17) is 5.84 Å². The molecule has 0 saturated carbocycles. The Bertz CT molecular complexity index is 497. The zero-order valence-electron chi connectivity index (χ0n) is 9.34. The van der Waals surface area contributed by atoms with E-state index in [9.17, 15) is 0 Å². The highest BCUT2D eigenvalue weighted by Crippen LogP contribution is 2.39. The lowest BCUT2D eigenvalue weighted by molar-refractivity contribution is 0.439. The Balaban J connectivity index is 1.95. The Hall–Kier alpha value is -1.30. The number of nitrogens with one attached hydrogen (secondary N) is 1. The van der Waals surface area contributed by atoms with Crippen molar-refractivity contribution in [1.82, 2.24) is 15.4 Å². The lowest BCUT2D eigenvalue weighted by atomic mass is 9.95. The van der Waals surface area contributed by atoms with E-state index in [0.717, 1.165) is 18.5 Å². The summed E-state index contributed by atoms with van der Waals surface area (Å²) in [4.78, 5) is 8.85. The monoisotopic (exact) mass is 246 g/mol. The molecule has 0 amide bonds. The van der Waals surface area contributed by atoms with Crippen molar-refractivity contribution in [1.29, 1.82) is 0 Å². The smallest absolute Gasteiger partial charge is 0.0795 e. The molecule has 0 radical (unpaired) electrons. The van der Waals surface area contributed by atoms with Gasteiger partial charge in [0.25, 0.3) is 0 Å². The maximum atomic E-state index is 5.69. The number of aryl methyl sites for hydroxylation is 1. The fourth-order valence-corrected chi connectivity index (χ4v) is 3.14. The molecule has 2 aromatic rings. The van der Waals surface area contributed by atoms with Crippen LogP contribution in [0.1, 0.15) is 35.3 Å². The van der Waals surface area contributed by atoms with Crippen molar-refractivity contribution in [2.75, 3.05) is 0 Å². The number of thiazole rings is 1. The number of hydrogen-bond donors (Lipinski definition) is 2. The van der Waals surface area contributed by atoms with Gasteiger partial charge in [0.05, 0.1) is 17.2 Å². The van der Waals surface area contributed by atoms with Gasteiger partial charge in [-0.05, 0) is 24.5 Å². The number of hydrazine groups is 1. The highest BCUT2D eigenvalue weighted by molar-refractivity contribution is 7.07. The predicted molar refractivity (Wildman–Crippen MR) is 67.5 cm³/mol. The first-order valence-electron chi connectivity index (χ1n) is 5.68. The molecule has 2 aromatic heterocycles. The first-order valence-corrected chi connectivity index (χ1v) is 6.62. The summed E-state index contributed by atoms with van der Waals surface area (Å²) in [6, 6.07) is 4.21. The summed E-state index contributed by atoms with van der Waals surface area (Å²) in [6.07, 6.45) is 4.01. The van der Waals surface area contributed by atoms with Gasteiger partial charge in [-0.2, -0.15) is 0 Å². The molecule has 0 aliphatic heterocycles. The van der Waals surface area contributed by atoms with Gasteiger partial charge >= 0.3 is 0 Å². The molecule has 3 N–H and O–H groups in total. The summed E-state index contributed by atoms with van der Waals surface area (Å²) >= 11 is 1.60. The number of fused-ring (bicyclic) bond motifs is 1. The van der Waals surface area contributed by atoms with Crippen LogP contribution in [0.25, 0.3) is 0 Å². The predicted octanol–water partition coefficient (Wildman–Crippen LogP) is 1.77. The SMILES string of the molecule is NNC(c1cscn1)C1CCc2cccnc21. The topological polar surface area (TPSA) is 63.8 Å². The third-order valence-electron chi connectivity index (χ3n) is 3.35. The van der Waals surface area contributed by atoms with E-state index in [1.54, 1.807) is 11.3 Å². The zero-order valence-corrected chi connectivity index (χ0v) is 10.2. The van der Waals surface area contributed by atoms with Gasteiger partial charge in [0.1, 0.15) is 0 Å². The van der Waals surface area contributed by atoms with Crippen LogP contribution in [0.5, 0.6) is 0 Å². The molecule has 0 bridgehead atoms. The molecule has 17 heavy (non-hydrogen) atoms. The molecule has 5 heteroatoms. The van der Waals surface area contributed by atoms with E-state index in [2.05, 4.69) is 21.5 Å². The van der Waals surface area contributed by atoms with E-state index in [1.165, 1.54) is 11.3 Å². The van der Waals surface area contributed by atoms with Crippen LogP contribution in [0, 0.1) is 0 Å². The molecule has 0 saturated heterocycles. The molecule has 1 aliphatic rings. The Labute approximate surface area is 104 Å². The van der Waals surface area contributed by atoms with Gasteiger partial charge in [0.2, 0.25) is 0 Å². The third kappa shape index (κ3) is 1.86. The molecule has 3 rings (SSSR count). The number of nitrogens with two attached hydrogens (primary N) is 1. The minimum Gasteiger partial charge on any atom is -0.271 e. The van der Waals surface area contributed by atoms with Crippen LogP contribution in [-0.2, 0) is 6.42 Å². The molecule has 88 valence electrons. The van der Waals surface area contributed by atoms with E-state index in [-0.39, 0.29) is 6.04 Å². The molecule has 4 nitrogen and oxygen atoms in total. The lowest BCUT2D eigenvalue weighted by Gasteiger charge is -2.21. The zero-order chi connectivity index (χ0) is 11.7. The average Bonchev–Trinajstić information content (AvgIpc) is 3.01. The van der Waals surface area contributed by atoms with Crippen LogP contribution >= 0.6 is 11.3 Å². The van der Waals surface area contributed by atoms with Crippen molar-refractivity contribution in [2.45, 2.75) is 24.8 Å². The fourth-order valence-electron chi connectivity index (χ4n) is 2.55. The summed E-state index contributed by atoms with van der Waals surface area (Å²) in [7, 11) is 0. The van der Waals surface area contributed by atoms with E-state index in [0.29, 0.717) is 5.92 Å². The largest absolute Gasteiger partial charge is 0.271 e. The van der Waals surface area contributed by atoms with E-state index < -0.39 is 0 Å². The minimum absolute atomic E-state index is 0.0670. The first kappa shape index (κ1) is 10.8. The molecule has 1 aliphatic carbocycles. The Kier molecular flexibility index (Phi) is 2.88. The van der Waals surface area contributed by atoms with E-state index >= 15 is 0 Å². The Morgan fingerprint density at radius 3 is 3.18 bits per heavy atom. The van der Waals surface area contributed by atoms with Gasteiger partial charge in [-0.3, -0.25) is 16.3 Å². The molecule has 0 aromatic carbocycles. The van der Waals surface area contributed by atoms with Crippen LogP contribution in [0.3, 0.4) is 0 Å². The van der Waals surface area contributed by atoms with Gasteiger partial charge in [-0.25, -0.2) is 4.98 Å². The average molecular weight is 246 g/mol. The van der Waals surface area contributed by atoms with Gasteiger partial charge in [0.15, 0.2) is 0 Å². The van der Waals surface area contributed by atoms with Crippen LogP contribution in [0.4, 0.5) is 0 Å². The number of pyridine rings is 1. The van der Waals surface area contributed by atoms with Crippen LogP contribution in [0.2, 0.25) is 0 Å². The minimum atomic E-state index is 0.0670. The first-order chi connectivity index (χ1) is 8.40. The summed E-state index contributed by atoms with van der Waals surface area (Å²) in [5.74, 6) is 6.02. The summed E-state index contributed by atoms with van der Waals surface area (Å²) < 4.78 is 0. The lowest BCUT2D eigenvalue weighted by Crippen LogP contribution is -2.32. The normalized spacial score (nSPS) is 20.2. The molecule has 2 atom stereocenters. The van der Waals surface area contributed by atoms with Crippen molar-refractivity contribution in [3.05, 3.63) is 46.2 Å². The van der Waals surface area contributed by atoms with Crippen molar-refractivity contribution < 1.29 is 0 Å². The Morgan fingerprint density at radius 2 is 2.41 bits per heavy atom. The van der Waals surface area contributed by atoms with E-state index in [1.807, 2.05) is 23.2 Å². The van der Waals surface area contributed by atoms with Crippen LogP contribution in [-0.4, -0.2) is 9.97 Å². The molecular formula is C12H14N4S. The van der Waals surface area contributed by atoms with Crippen molar-refractivity contribution in [3.8, 4) is 0 Å². The van der Waals surface area contributed by atoms with Gasteiger partial charge in [0, 0.05) is 23.2 Å². The summed E-state index contributed by atoms with van der Waals surface area (Å²) in [6.45, 7) is 0. The molecule has 2 unspecified atom stereocenters. The van der Waals surface area contributed by atoms with Crippen molar-refractivity contribution >= 4 is 11.3 Å².